The van der Waals surface area contributed by atoms with Crippen LogP contribution in [0.5, 0.6) is 0 Å². The second kappa shape index (κ2) is 13.2. The van der Waals surface area contributed by atoms with Crippen molar-refractivity contribution in [3.05, 3.63) is 62.6 Å². The van der Waals surface area contributed by atoms with Gasteiger partial charge in [-0.05, 0) is 43.7 Å². The van der Waals surface area contributed by atoms with E-state index in [4.69, 9.17) is 34.8 Å². The van der Waals surface area contributed by atoms with Crippen LogP contribution in [0.15, 0.2) is 36.4 Å². The fraction of sp³-hybridized carbons (Fsp3) is 0.417. The zero-order chi connectivity index (χ0) is 28.8. The van der Waals surface area contributed by atoms with Gasteiger partial charge in [0.2, 0.25) is 21.8 Å². The minimum absolute atomic E-state index is 0.210. The number of anilines is 1. The number of carbonyl (C=O) groups is 2. The fourth-order valence-electron chi connectivity index (χ4n) is 3.47. The largest absolute Gasteiger partial charge is 0.417 e. The molecule has 0 saturated heterocycles. The predicted molar refractivity (Wildman–Crippen MR) is 143 cm³/mol. The van der Waals surface area contributed by atoms with Crippen molar-refractivity contribution in [2.75, 3.05) is 23.7 Å². The highest BCUT2D eigenvalue weighted by molar-refractivity contribution is 7.92. The van der Waals surface area contributed by atoms with Gasteiger partial charge in [0, 0.05) is 28.7 Å². The van der Waals surface area contributed by atoms with Crippen LogP contribution in [0.3, 0.4) is 0 Å². The molecule has 0 aromatic heterocycles. The Morgan fingerprint density at radius 2 is 1.66 bits per heavy atom. The first-order valence-corrected chi connectivity index (χ1v) is 14.4. The molecule has 0 aliphatic rings. The third-order valence-electron chi connectivity index (χ3n) is 5.61. The number of benzene rings is 2. The lowest BCUT2D eigenvalue weighted by atomic mass is 10.1. The molecule has 2 aromatic rings. The number of unbranched alkanes of at least 4 members (excludes halogenated alkanes) is 1. The van der Waals surface area contributed by atoms with E-state index < -0.39 is 56.9 Å². The molecule has 0 fully saturated rings. The Labute approximate surface area is 234 Å². The van der Waals surface area contributed by atoms with Gasteiger partial charge >= 0.3 is 6.18 Å². The molecule has 0 aliphatic carbocycles. The molecule has 0 aliphatic heterocycles. The maximum absolute atomic E-state index is 13.5. The average molecular weight is 617 g/mol. The van der Waals surface area contributed by atoms with Crippen LogP contribution in [0.25, 0.3) is 0 Å². The van der Waals surface area contributed by atoms with Crippen LogP contribution < -0.4 is 9.62 Å². The van der Waals surface area contributed by atoms with E-state index >= 15 is 0 Å². The van der Waals surface area contributed by atoms with Crippen LogP contribution in [0.4, 0.5) is 18.9 Å². The Bertz CT molecular complexity index is 1260. The second-order valence-electron chi connectivity index (χ2n) is 8.47. The maximum atomic E-state index is 13.5. The minimum Gasteiger partial charge on any atom is -0.354 e. The van der Waals surface area contributed by atoms with Gasteiger partial charge < -0.3 is 10.2 Å². The summed E-state index contributed by atoms with van der Waals surface area (Å²) < 4.78 is 66.0. The van der Waals surface area contributed by atoms with Gasteiger partial charge in [-0.15, -0.1) is 0 Å². The zero-order valence-corrected chi connectivity index (χ0v) is 23.9. The number of alkyl halides is 3. The number of carbonyl (C=O) groups excluding carboxylic acids is 2. The lowest BCUT2D eigenvalue weighted by molar-refractivity contribution is -0.139. The average Bonchev–Trinajstić information content (AvgIpc) is 2.81. The van der Waals surface area contributed by atoms with Crippen molar-refractivity contribution in [1.29, 1.82) is 0 Å². The van der Waals surface area contributed by atoms with Crippen LogP contribution in [0, 0.1) is 0 Å². The van der Waals surface area contributed by atoms with E-state index in [0.717, 1.165) is 29.7 Å². The van der Waals surface area contributed by atoms with Crippen molar-refractivity contribution in [1.82, 2.24) is 10.2 Å². The second-order valence-corrected chi connectivity index (χ2v) is 11.6. The molecule has 0 saturated carbocycles. The van der Waals surface area contributed by atoms with Crippen molar-refractivity contribution in [3.8, 4) is 0 Å². The Morgan fingerprint density at radius 1 is 1.05 bits per heavy atom. The van der Waals surface area contributed by atoms with E-state index in [2.05, 4.69) is 5.32 Å². The Hall–Kier alpha value is -2.21. The van der Waals surface area contributed by atoms with Gasteiger partial charge in [-0.1, -0.05) is 54.2 Å². The van der Waals surface area contributed by atoms with E-state index in [-0.39, 0.29) is 16.6 Å². The van der Waals surface area contributed by atoms with Crippen molar-refractivity contribution in [3.63, 3.8) is 0 Å². The number of nitrogens with zero attached hydrogens (tertiary/aromatic N) is 2. The number of hydrogen-bond acceptors (Lipinski definition) is 4. The molecule has 7 nitrogen and oxygen atoms in total. The van der Waals surface area contributed by atoms with E-state index in [1.54, 1.807) is 6.07 Å². The van der Waals surface area contributed by atoms with Crippen LogP contribution in [-0.2, 0) is 32.3 Å². The molecule has 1 atom stereocenters. The molecule has 0 unspecified atom stereocenters. The van der Waals surface area contributed by atoms with Crippen LogP contribution in [0.2, 0.25) is 15.1 Å². The summed E-state index contributed by atoms with van der Waals surface area (Å²) in [6.45, 7) is 2.58. The van der Waals surface area contributed by atoms with Crippen molar-refractivity contribution < 1.29 is 31.2 Å². The zero-order valence-electron chi connectivity index (χ0n) is 20.8. The van der Waals surface area contributed by atoms with Crippen molar-refractivity contribution in [2.24, 2.45) is 0 Å². The van der Waals surface area contributed by atoms with Crippen molar-refractivity contribution >= 4 is 62.3 Å². The molecule has 2 aromatic carbocycles. The van der Waals surface area contributed by atoms with E-state index in [9.17, 15) is 31.2 Å². The molecule has 0 heterocycles. The van der Waals surface area contributed by atoms with E-state index in [1.807, 2.05) is 6.92 Å². The Balaban J connectivity index is 2.50. The maximum Gasteiger partial charge on any atom is 0.417 e. The molecule has 0 spiro atoms. The smallest absolute Gasteiger partial charge is 0.354 e. The molecule has 0 bridgehead atoms. The molecular formula is C24H27Cl3F3N3O4S. The van der Waals surface area contributed by atoms with Gasteiger partial charge in [0.1, 0.15) is 12.6 Å². The molecular weight excluding hydrogens is 590 g/mol. The number of rotatable bonds is 11. The summed E-state index contributed by atoms with van der Waals surface area (Å²) in [5, 5.41) is 2.50. The van der Waals surface area contributed by atoms with Crippen LogP contribution in [-0.4, -0.2) is 50.5 Å². The number of halogens is 6. The topological polar surface area (TPSA) is 86.8 Å². The summed E-state index contributed by atoms with van der Waals surface area (Å²) in [6.07, 6.45) is -2.60. The highest BCUT2D eigenvalue weighted by Crippen LogP contribution is 2.37. The number of hydrogen-bond donors (Lipinski definition) is 1. The summed E-state index contributed by atoms with van der Waals surface area (Å²) in [4.78, 5) is 27.4. The molecule has 14 heteroatoms. The first-order valence-electron chi connectivity index (χ1n) is 11.4. The third-order valence-corrected chi connectivity index (χ3v) is 7.79. The molecule has 38 heavy (non-hydrogen) atoms. The number of nitrogens with one attached hydrogen (secondary N) is 1. The van der Waals surface area contributed by atoms with Gasteiger partial charge in [-0.3, -0.25) is 13.9 Å². The summed E-state index contributed by atoms with van der Waals surface area (Å²) in [5.41, 5.74) is -1.37. The normalized spacial score (nSPS) is 12.7. The lowest BCUT2D eigenvalue weighted by Gasteiger charge is -2.32. The molecule has 210 valence electrons. The Morgan fingerprint density at radius 3 is 2.18 bits per heavy atom. The van der Waals surface area contributed by atoms with E-state index in [1.165, 1.54) is 19.1 Å². The minimum atomic E-state index is -4.86. The first-order chi connectivity index (χ1) is 17.6. The molecule has 1 N–H and O–H groups in total. The highest BCUT2D eigenvalue weighted by Gasteiger charge is 2.35. The van der Waals surface area contributed by atoms with Gasteiger partial charge in [-0.25, -0.2) is 8.42 Å². The summed E-state index contributed by atoms with van der Waals surface area (Å²) in [7, 11) is -4.25. The molecule has 2 rings (SSSR count). The Kier molecular flexibility index (Phi) is 11.1. The monoisotopic (exact) mass is 615 g/mol. The van der Waals surface area contributed by atoms with Gasteiger partial charge in [0.05, 0.1) is 22.5 Å². The summed E-state index contributed by atoms with van der Waals surface area (Å²) >= 11 is 18.2. The third kappa shape index (κ3) is 8.39. The van der Waals surface area contributed by atoms with Crippen LogP contribution >= 0.6 is 34.8 Å². The SMILES string of the molecule is CCCCNC(=O)[C@@H](C)N(Cc1c(Cl)cccc1Cl)C(=O)CN(c1ccc(Cl)c(C(F)(F)F)c1)S(C)(=O)=O. The predicted octanol–water partition coefficient (Wildman–Crippen LogP) is 5.77. The lowest BCUT2D eigenvalue weighted by Crippen LogP contribution is -2.51. The van der Waals surface area contributed by atoms with Gasteiger partial charge in [-0.2, -0.15) is 13.2 Å². The van der Waals surface area contributed by atoms with Crippen LogP contribution in [0.1, 0.15) is 37.8 Å². The first kappa shape index (κ1) is 32.0. The summed E-state index contributed by atoms with van der Waals surface area (Å²) in [6, 6.07) is 6.07. The number of sulfonamides is 1. The quantitative estimate of drug-likeness (QED) is 0.325. The summed E-state index contributed by atoms with van der Waals surface area (Å²) in [5.74, 6) is -1.38. The standard InChI is InChI=1S/C24H27Cl3F3N3O4S/c1-4-5-11-31-23(35)15(2)32(13-17-19(25)7-6-8-20(17)26)22(34)14-33(38(3,36)37)16-9-10-21(27)18(12-16)24(28,29)30/h6-10,12,15H,4-5,11,13-14H2,1-3H3,(H,31,35)/t15-/m1/s1. The molecule has 0 radical (unpaired) electrons. The van der Waals surface area contributed by atoms with Crippen molar-refractivity contribution in [2.45, 2.75) is 45.5 Å². The van der Waals surface area contributed by atoms with E-state index in [0.29, 0.717) is 28.9 Å². The fourth-order valence-corrected chi connectivity index (χ4v) is 5.05. The number of amides is 2. The van der Waals surface area contributed by atoms with Gasteiger partial charge in [0.25, 0.3) is 0 Å². The molecule has 2 amide bonds. The van der Waals surface area contributed by atoms with Gasteiger partial charge in [0.15, 0.2) is 0 Å². The highest BCUT2D eigenvalue weighted by atomic mass is 35.5.